The Bertz CT molecular complexity index is 915. The van der Waals surface area contributed by atoms with Crippen LogP contribution in [0, 0.1) is 0 Å². The average Bonchev–Trinajstić information content (AvgIpc) is 2.82. The second-order valence-corrected chi connectivity index (χ2v) is 6.41. The highest BCUT2D eigenvalue weighted by atomic mass is 16.5. The molecular weight excluding hydrogens is 316 g/mol. The van der Waals surface area contributed by atoms with Crippen LogP contribution in [0.1, 0.15) is 26.5 Å². The maximum absolute atomic E-state index is 11.2. The van der Waals surface area contributed by atoms with Gasteiger partial charge in [-0.25, -0.2) is 4.98 Å². The summed E-state index contributed by atoms with van der Waals surface area (Å²) in [6.45, 7) is 5.71. The van der Waals surface area contributed by atoms with Crippen LogP contribution in [-0.2, 0) is 18.3 Å². The van der Waals surface area contributed by atoms with E-state index in [-0.39, 0.29) is 5.78 Å². The van der Waals surface area contributed by atoms with Crippen molar-refractivity contribution in [3.8, 4) is 11.5 Å². The first-order chi connectivity index (χ1) is 11.9. The summed E-state index contributed by atoms with van der Waals surface area (Å²) in [5, 5.41) is 3.33. The number of hydrogen-bond donors (Lipinski definition) is 1. The van der Waals surface area contributed by atoms with Crippen molar-refractivity contribution in [2.45, 2.75) is 33.2 Å². The number of carbonyl (C=O) groups is 1. The van der Waals surface area contributed by atoms with Crippen LogP contribution in [0.5, 0.6) is 11.5 Å². The molecule has 6 heteroatoms. The number of pyridine rings is 1. The van der Waals surface area contributed by atoms with Gasteiger partial charge in [0.25, 0.3) is 0 Å². The molecule has 2 heterocycles. The number of fused-ring (bicyclic) bond motifs is 1. The predicted molar refractivity (Wildman–Crippen MR) is 98.2 cm³/mol. The fourth-order valence-electron chi connectivity index (χ4n) is 2.64. The van der Waals surface area contributed by atoms with Gasteiger partial charge in [-0.15, -0.1) is 0 Å². The molecule has 0 spiro atoms. The maximum Gasteiger partial charge on any atom is 0.203 e. The number of ether oxygens (including phenoxy) is 1. The first-order valence-corrected chi connectivity index (χ1v) is 8.27. The molecule has 0 fully saturated rings. The molecule has 130 valence electrons. The van der Waals surface area contributed by atoms with Gasteiger partial charge in [0.1, 0.15) is 17.3 Å². The molecule has 0 aliphatic heterocycles. The highest BCUT2D eigenvalue weighted by molar-refractivity contribution is 5.80. The van der Waals surface area contributed by atoms with Crippen LogP contribution >= 0.6 is 0 Å². The van der Waals surface area contributed by atoms with Gasteiger partial charge in [-0.2, -0.15) is 0 Å². The molecular formula is C19H22N4O2. The van der Waals surface area contributed by atoms with Crippen molar-refractivity contribution in [3.05, 3.63) is 42.2 Å². The SMILES string of the molecule is CC(=O)Cc1cc(Oc2ccc3c(c2)nc(NC(C)C)n3C)ccn1. The highest BCUT2D eigenvalue weighted by Crippen LogP contribution is 2.27. The lowest BCUT2D eigenvalue weighted by molar-refractivity contribution is -0.116. The lowest BCUT2D eigenvalue weighted by Crippen LogP contribution is -2.13. The van der Waals surface area contributed by atoms with Crippen LogP contribution in [0.4, 0.5) is 5.95 Å². The molecule has 1 N–H and O–H groups in total. The first-order valence-electron chi connectivity index (χ1n) is 8.27. The fraction of sp³-hybridized carbons (Fsp3) is 0.316. The van der Waals surface area contributed by atoms with E-state index in [4.69, 9.17) is 4.74 Å². The Morgan fingerprint density at radius 3 is 2.72 bits per heavy atom. The number of Topliss-reactive ketones (excluding diaryl/α,β-unsaturated/α-hetero) is 1. The lowest BCUT2D eigenvalue weighted by atomic mass is 10.2. The predicted octanol–water partition coefficient (Wildman–Crippen LogP) is 3.71. The summed E-state index contributed by atoms with van der Waals surface area (Å²) < 4.78 is 7.94. The topological polar surface area (TPSA) is 69.0 Å². The van der Waals surface area contributed by atoms with Gasteiger partial charge in [0, 0.05) is 37.8 Å². The number of aromatic nitrogens is 3. The summed E-state index contributed by atoms with van der Waals surface area (Å²) in [4.78, 5) is 20.1. The summed E-state index contributed by atoms with van der Waals surface area (Å²) in [7, 11) is 1.98. The molecule has 0 aliphatic rings. The highest BCUT2D eigenvalue weighted by Gasteiger charge is 2.10. The molecule has 0 unspecified atom stereocenters. The molecule has 3 aromatic rings. The second-order valence-electron chi connectivity index (χ2n) is 6.41. The molecule has 0 saturated heterocycles. The smallest absolute Gasteiger partial charge is 0.203 e. The Kier molecular flexibility index (Phi) is 4.70. The number of nitrogens with one attached hydrogen (secondary N) is 1. The molecule has 0 aliphatic carbocycles. The van der Waals surface area contributed by atoms with Crippen molar-refractivity contribution >= 4 is 22.8 Å². The third-order valence-corrected chi connectivity index (χ3v) is 3.72. The molecule has 0 bridgehead atoms. The minimum Gasteiger partial charge on any atom is -0.457 e. The van der Waals surface area contributed by atoms with Crippen LogP contribution in [0.2, 0.25) is 0 Å². The van der Waals surface area contributed by atoms with Gasteiger partial charge in [-0.1, -0.05) is 0 Å². The molecule has 1 aromatic carbocycles. The van der Waals surface area contributed by atoms with E-state index in [1.807, 2.05) is 29.8 Å². The Hall–Kier alpha value is -2.89. The van der Waals surface area contributed by atoms with Crippen LogP contribution in [0.3, 0.4) is 0 Å². The van der Waals surface area contributed by atoms with Crippen LogP contribution in [0.25, 0.3) is 11.0 Å². The van der Waals surface area contributed by atoms with Gasteiger partial charge in [0.15, 0.2) is 0 Å². The Labute approximate surface area is 146 Å². The van der Waals surface area contributed by atoms with Gasteiger partial charge < -0.3 is 14.6 Å². The van der Waals surface area contributed by atoms with Crippen molar-refractivity contribution in [1.82, 2.24) is 14.5 Å². The monoisotopic (exact) mass is 338 g/mol. The average molecular weight is 338 g/mol. The van der Waals surface area contributed by atoms with Gasteiger partial charge in [-0.05, 0) is 39.0 Å². The van der Waals surface area contributed by atoms with E-state index in [0.717, 1.165) is 17.0 Å². The summed E-state index contributed by atoms with van der Waals surface area (Å²) in [5.74, 6) is 2.25. The van der Waals surface area contributed by atoms with E-state index in [0.29, 0.717) is 29.7 Å². The number of benzene rings is 1. The van der Waals surface area contributed by atoms with E-state index in [2.05, 4.69) is 29.1 Å². The molecule has 3 rings (SSSR count). The van der Waals surface area contributed by atoms with Gasteiger partial charge in [0.2, 0.25) is 5.95 Å². The number of imidazole rings is 1. The molecule has 0 radical (unpaired) electrons. The number of carbonyl (C=O) groups excluding carboxylic acids is 1. The molecule has 2 aromatic heterocycles. The van der Waals surface area contributed by atoms with Gasteiger partial charge in [-0.3, -0.25) is 9.78 Å². The summed E-state index contributed by atoms with van der Waals surface area (Å²) >= 11 is 0. The Balaban J connectivity index is 1.86. The zero-order valence-corrected chi connectivity index (χ0v) is 14.9. The Morgan fingerprint density at radius 1 is 1.24 bits per heavy atom. The van der Waals surface area contributed by atoms with E-state index in [9.17, 15) is 4.79 Å². The molecule has 0 atom stereocenters. The summed E-state index contributed by atoms with van der Waals surface area (Å²) in [5.41, 5.74) is 2.59. The van der Waals surface area contributed by atoms with Crippen LogP contribution in [-0.4, -0.2) is 26.4 Å². The van der Waals surface area contributed by atoms with E-state index < -0.39 is 0 Å². The van der Waals surface area contributed by atoms with Gasteiger partial charge >= 0.3 is 0 Å². The fourth-order valence-corrected chi connectivity index (χ4v) is 2.64. The van der Waals surface area contributed by atoms with Crippen molar-refractivity contribution in [1.29, 1.82) is 0 Å². The molecule has 0 amide bonds. The first kappa shape index (κ1) is 17.0. The number of anilines is 1. The largest absolute Gasteiger partial charge is 0.457 e. The van der Waals surface area contributed by atoms with Crippen LogP contribution in [0.15, 0.2) is 36.5 Å². The van der Waals surface area contributed by atoms with Crippen molar-refractivity contribution in [2.75, 3.05) is 5.32 Å². The van der Waals surface area contributed by atoms with Crippen LogP contribution < -0.4 is 10.1 Å². The van der Waals surface area contributed by atoms with E-state index in [1.54, 1.807) is 25.3 Å². The zero-order chi connectivity index (χ0) is 18.0. The minimum absolute atomic E-state index is 0.0738. The van der Waals surface area contributed by atoms with Crippen molar-refractivity contribution in [3.63, 3.8) is 0 Å². The van der Waals surface area contributed by atoms with Crippen molar-refractivity contribution in [2.24, 2.45) is 7.05 Å². The third-order valence-electron chi connectivity index (χ3n) is 3.72. The van der Waals surface area contributed by atoms with Crippen molar-refractivity contribution < 1.29 is 9.53 Å². The zero-order valence-electron chi connectivity index (χ0n) is 14.9. The molecule has 6 nitrogen and oxygen atoms in total. The minimum atomic E-state index is 0.0738. The second kappa shape index (κ2) is 6.93. The van der Waals surface area contributed by atoms with E-state index >= 15 is 0 Å². The number of ketones is 1. The maximum atomic E-state index is 11.2. The number of hydrogen-bond acceptors (Lipinski definition) is 5. The van der Waals surface area contributed by atoms with E-state index in [1.165, 1.54) is 0 Å². The number of nitrogens with zero attached hydrogens (tertiary/aromatic N) is 3. The number of rotatable bonds is 6. The Morgan fingerprint density at radius 2 is 2.00 bits per heavy atom. The number of aryl methyl sites for hydroxylation is 1. The summed E-state index contributed by atoms with van der Waals surface area (Å²) in [6, 6.07) is 9.68. The molecule has 25 heavy (non-hydrogen) atoms. The standard InChI is InChI=1S/C19H22N4O2/c1-12(2)21-19-22-17-11-15(5-6-18(17)23(19)4)25-16-7-8-20-14(10-16)9-13(3)24/h5-8,10-12H,9H2,1-4H3,(H,21,22). The quantitative estimate of drug-likeness (QED) is 0.742. The molecule has 0 saturated carbocycles. The normalized spacial score (nSPS) is 11.1. The summed E-state index contributed by atoms with van der Waals surface area (Å²) in [6.07, 6.45) is 1.96. The third kappa shape index (κ3) is 3.96. The lowest BCUT2D eigenvalue weighted by Gasteiger charge is -2.08. The van der Waals surface area contributed by atoms with Gasteiger partial charge in [0.05, 0.1) is 16.7 Å².